The van der Waals surface area contributed by atoms with Crippen molar-refractivity contribution in [3.63, 3.8) is 0 Å². The van der Waals surface area contributed by atoms with Crippen molar-refractivity contribution in [2.24, 2.45) is 0 Å². The summed E-state index contributed by atoms with van der Waals surface area (Å²) in [7, 11) is -3.77. The summed E-state index contributed by atoms with van der Waals surface area (Å²) in [6, 6.07) is 12.3. The monoisotopic (exact) mass is 390 g/mol. The average molecular weight is 390 g/mol. The van der Waals surface area contributed by atoms with E-state index in [0.717, 1.165) is 19.3 Å². The number of likely N-dealkylation sites (tertiary alicyclic amines) is 1. The highest BCUT2D eigenvalue weighted by Gasteiger charge is 2.21. The van der Waals surface area contributed by atoms with Gasteiger partial charge in [-0.1, -0.05) is 24.3 Å². The van der Waals surface area contributed by atoms with Crippen LogP contribution in [-0.2, 0) is 16.4 Å². The van der Waals surface area contributed by atoms with Crippen LogP contribution in [0.5, 0.6) is 0 Å². The number of carbonyl (C=O) groups is 1. The molecule has 144 valence electrons. The fraction of sp³-hybridized carbons (Fsp3) is 0.350. The van der Waals surface area contributed by atoms with Crippen LogP contribution in [0.3, 0.4) is 0 Å². The van der Waals surface area contributed by atoms with E-state index in [0.29, 0.717) is 24.2 Å². The Kier molecular flexibility index (Phi) is 6.23. The van der Waals surface area contributed by atoms with Crippen LogP contribution < -0.4 is 4.72 Å². The van der Waals surface area contributed by atoms with Gasteiger partial charge in [0.05, 0.1) is 4.90 Å². The maximum atomic E-state index is 13.6. The van der Waals surface area contributed by atoms with Crippen molar-refractivity contribution in [3.05, 3.63) is 65.5 Å². The molecule has 0 aliphatic carbocycles. The minimum Gasteiger partial charge on any atom is -0.339 e. The molecule has 27 heavy (non-hydrogen) atoms. The summed E-state index contributed by atoms with van der Waals surface area (Å²) in [5, 5.41) is 0. The van der Waals surface area contributed by atoms with Gasteiger partial charge in [-0.2, -0.15) is 0 Å². The van der Waals surface area contributed by atoms with Gasteiger partial charge in [-0.05, 0) is 55.5 Å². The average Bonchev–Trinajstić information content (AvgIpc) is 2.69. The van der Waals surface area contributed by atoms with Gasteiger partial charge in [-0.15, -0.1) is 0 Å². The smallest absolute Gasteiger partial charge is 0.253 e. The number of nitrogens with zero attached hydrogens (tertiary/aromatic N) is 1. The number of rotatable bonds is 6. The number of hydrogen-bond donors (Lipinski definition) is 1. The van der Waals surface area contributed by atoms with Crippen LogP contribution in [-0.4, -0.2) is 38.9 Å². The molecule has 1 aliphatic heterocycles. The van der Waals surface area contributed by atoms with E-state index in [4.69, 9.17) is 0 Å². The molecule has 1 fully saturated rings. The van der Waals surface area contributed by atoms with E-state index in [2.05, 4.69) is 4.72 Å². The topological polar surface area (TPSA) is 66.5 Å². The molecule has 1 N–H and O–H groups in total. The molecule has 0 radical (unpaired) electrons. The third kappa shape index (κ3) is 4.93. The number of sulfonamides is 1. The van der Waals surface area contributed by atoms with Crippen molar-refractivity contribution in [1.82, 2.24) is 9.62 Å². The van der Waals surface area contributed by atoms with E-state index >= 15 is 0 Å². The highest BCUT2D eigenvalue weighted by molar-refractivity contribution is 7.89. The van der Waals surface area contributed by atoms with Gasteiger partial charge >= 0.3 is 0 Å². The van der Waals surface area contributed by atoms with Crippen LogP contribution in [0.2, 0.25) is 0 Å². The highest BCUT2D eigenvalue weighted by Crippen LogP contribution is 2.17. The third-order valence-electron chi connectivity index (χ3n) is 4.68. The zero-order valence-corrected chi connectivity index (χ0v) is 15.8. The van der Waals surface area contributed by atoms with Crippen LogP contribution in [0.25, 0.3) is 0 Å². The summed E-state index contributed by atoms with van der Waals surface area (Å²) >= 11 is 0. The fourth-order valence-corrected chi connectivity index (χ4v) is 4.26. The van der Waals surface area contributed by atoms with Crippen molar-refractivity contribution < 1.29 is 17.6 Å². The molecule has 0 bridgehead atoms. The number of piperidine rings is 1. The van der Waals surface area contributed by atoms with Crippen molar-refractivity contribution >= 4 is 15.9 Å². The second-order valence-corrected chi connectivity index (χ2v) is 8.39. The first-order chi connectivity index (χ1) is 13.0. The number of carbonyl (C=O) groups excluding carboxylic acids is 1. The zero-order chi connectivity index (χ0) is 19.3. The Bertz CT molecular complexity index is 909. The van der Waals surface area contributed by atoms with Crippen molar-refractivity contribution in [2.75, 3.05) is 19.6 Å². The highest BCUT2D eigenvalue weighted by atomic mass is 32.2. The normalized spacial score (nSPS) is 14.9. The zero-order valence-electron chi connectivity index (χ0n) is 15.0. The molecule has 0 aromatic heterocycles. The molecule has 3 rings (SSSR count). The van der Waals surface area contributed by atoms with Gasteiger partial charge in [0.1, 0.15) is 5.82 Å². The Hall–Kier alpha value is -2.25. The summed E-state index contributed by atoms with van der Waals surface area (Å²) in [4.78, 5) is 14.4. The minimum atomic E-state index is -3.77. The van der Waals surface area contributed by atoms with Crippen LogP contribution >= 0.6 is 0 Å². The summed E-state index contributed by atoms with van der Waals surface area (Å²) < 4.78 is 41.2. The van der Waals surface area contributed by atoms with Crippen molar-refractivity contribution in [1.29, 1.82) is 0 Å². The van der Waals surface area contributed by atoms with Gasteiger partial charge in [0, 0.05) is 25.2 Å². The van der Waals surface area contributed by atoms with E-state index in [1.54, 1.807) is 35.2 Å². The quantitative estimate of drug-likeness (QED) is 0.825. The number of halogens is 1. The largest absolute Gasteiger partial charge is 0.339 e. The molecule has 0 atom stereocenters. The molecule has 0 unspecified atom stereocenters. The molecule has 1 heterocycles. The molecular weight excluding hydrogens is 367 g/mol. The molecule has 5 nitrogen and oxygen atoms in total. The Morgan fingerprint density at radius 3 is 2.52 bits per heavy atom. The van der Waals surface area contributed by atoms with Gasteiger partial charge in [-0.3, -0.25) is 4.79 Å². The summed E-state index contributed by atoms with van der Waals surface area (Å²) in [6.45, 7) is 1.49. The number of amides is 1. The Morgan fingerprint density at radius 2 is 1.78 bits per heavy atom. The first kappa shape index (κ1) is 19.5. The van der Waals surface area contributed by atoms with Gasteiger partial charge in [0.2, 0.25) is 10.0 Å². The first-order valence-electron chi connectivity index (χ1n) is 9.10. The lowest BCUT2D eigenvalue weighted by Crippen LogP contribution is -2.35. The van der Waals surface area contributed by atoms with Gasteiger partial charge in [0.15, 0.2) is 0 Å². The molecule has 1 amide bonds. The van der Waals surface area contributed by atoms with Crippen molar-refractivity contribution in [3.8, 4) is 0 Å². The summed E-state index contributed by atoms with van der Waals surface area (Å²) in [5.74, 6) is -0.496. The molecule has 2 aromatic rings. The second-order valence-electron chi connectivity index (χ2n) is 6.62. The van der Waals surface area contributed by atoms with Crippen LogP contribution in [0, 0.1) is 5.82 Å². The lowest BCUT2D eigenvalue weighted by molar-refractivity contribution is 0.0724. The van der Waals surface area contributed by atoms with Crippen molar-refractivity contribution in [2.45, 2.75) is 30.6 Å². The van der Waals surface area contributed by atoms with E-state index < -0.39 is 10.0 Å². The Labute approximate surface area is 159 Å². The predicted molar refractivity (Wildman–Crippen MR) is 101 cm³/mol. The predicted octanol–water partition coefficient (Wildman–Crippen LogP) is 2.97. The van der Waals surface area contributed by atoms with Gasteiger partial charge < -0.3 is 4.90 Å². The number of benzene rings is 2. The van der Waals surface area contributed by atoms with Gasteiger partial charge in [0.25, 0.3) is 5.91 Å². The SMILES string of the molecule is O=C(c1cccc(S(=O)(=O)NCCc2ccccc2F)c1)N1CCCCC1. The van der Waals surface area contributed by atoms with Crippen LogP contribution in [0.1, 0.15) is 35.2 Å². The van der Waals surface area contributed by atoms with Gasteiger partial charge in [-0.25, -0.2) is 17.5 Å². The summed E-state index contributed by atoms with van der Waals surface area (Å²) in [6.07, 6.45) is 3.31. The molecule has 1 saturated heterocycles. The van der Waals surface area contributed by atoms with E-state index in [1.807, 2.05) is 0 Å². The molecule has 1 aliphatic rings. The van der Waals surface area contributed by atoms with E-state index in [9.17, 15) is 17.6 Å². The molecule has 0 spiro atoms. The lowest BCUT2D eigenvalue weighted by atomic mass is 10.1. The Morgan fingerprint density at radius 1 is 1.04 bits per heavy atom. The van der Waals surface area contributed by atoms with E-state index in [-0.39, 0.29) is 29.6 Å². The molecule has 0 saturated carbocycles. The Balaban J connectivity index is 1.67. The number of nitrogens with one attached hydrogen (secondary N) is 1. The maximum absolute atomic E-state index is 13.6. The van der Waals surface area contributed by atoms with Crippen LogP contribution in [0.4, 0.5) is 4.39 Å². The first-order valence-corrected chi connectivity index (χ1v) is 10.6. The second kappa shape index (κ2) is 8.63. The maximum Gasteiger partial charge on any atom is 0.253 e. The number of hydrogen-bond acceptors (Lipinski definition) is 3. The van der Waals surface area contributed by atoms with Crippen LogP contribution in [0.15, 0.2) is 53.4 Å². The third-order valence-corrected chi connectivity index (χ3v) is 6.14. The molecular formula is C20H23FN2O3S. The standard InChI is InChI=1S/C20H23FN2O3S/c21-19-10-3-2-7-16(19)11-12-22-27(25,26)18-9-6-8-17(15-18)20(24)23-13-4-1-5-14-23/h2-3,6-10,15,22H,1,4-5,11-14H2. The minimum absolute atomic E-state index is 0.0406. The molecule has 2 aromatic carbocycles. The molecule has 7 heteroatoms. The van der Waals surface area contributed by atoms with E-state index in [1.165, 1.54) is 18.2 Å². The fourth-order valence-electron chi connectivity index (χ4n) is 3.18. The summed E-state index contributed by atoms with van der Waals surface area (Å²) in [5.41, 5.74) is 0.822. The lowest BCUT2D eigenvalue weighted by Gasteiger charge is -2.26.